The first-order valence-electron chi connectivity index (χ1n) is 7.67. The normalized spacial score (nSPS) is 18.9. The predicted octanol–water partition coefficient (Wildman–Crippen LogP) is 4.91. The molecule has 4 nitrogen and oxygen atoms in total. The molecule has 0 atom stereocenters. The van der Waals surface area contributed by atoms with Gasteiger partial charge in [-0.25, -0.2) is 0 Å². The van der Waals surface area contributed by atoms with E-state index in [0.717, 1.165) is 43.9 Å². The van der Waals surface area contributed by atoms with E-state index in [0.29, 0.717) is 15.3 Å². The molecule has 2 heterocycles. The number of halogens is 1. The highest BCUT2D eigenvalue weighted by Crippen LogP contribution is 2.33. The van der Waals surface area contributed by atoms with E-state index in [1.54, 1.807) is 11.0 Å². The molecule has 0 saturated carbocycles. The van der Waals surface area contributed by atoms with Crippen LogP contribution in [-0.4, -0.2) is 29.1 Å². The third-order valence-corrected chi connectivity index (χ3v) is 4.72. The quantitative estimate of drug-likeness (QED) is 0.495. The van der Waals surface area contributed by atoms with E-state index in [2.05, 4.69) is 34.8 Å². The summed E-state index contributed by atoms with van der Waals surface area (Å²) in [6.45, 7) is 5.77. The second kappa shape index (κ2) is 8.58. The summed E-state index contributed by atoms with van der Waals surface area (Å²) in [5.41, 5.74) is 0. The van der Waals surface area contributed by atoms with E-state index in [-0.39, 0.29) is 5.91 Å². The number of carbonyl (C=O) groups is 1. The maximum atomic E-state index is 12.6. The maximum Gasteiger partial charge on any atom is 0.266 e. The fraction of sp³-hybridized carbons (Fsp3) is 0.500. The highest BCUT2D eigenvalue weighted by molar-refractivity contribution is 9.10. The molecule has 0 unspecified atom stereocenters. The van der Waals surface area contributed by atoms with Crippen LogP contribution in [0.25, 0.3) is 6.08 Å². The number of nitrogens with zero attached hydrogens (tertiary/aromatic N) is 2. The molecule has 120 valence electrons. The first-order valence-corrected chi connectivity index (χ1v) is 9.27. The van der Waals surface area contributed by atoms with Crippen molar-refractivity contribution in [1.82, 2.24) is 4.90 Å². The lowest BCUT2D eigenvalue weighted by atomic mass is 10.3. The average molecular weight is 385 g/mol. The van der Waals surface area contributed by atoms with E-state index in [1.807, 2.05) is 12.1 Å². The lowest BCUT2D eigenvalue weighted by Gasteiger charge is -2.14. The Hall–Kier alpha value is -1.01. The number of furan rings is 1. The Labute approximate surface area is 144 Å². The number of hydrogen-bond donors (Lipinski definition) is 0. The van der Waals surface area contributed by atoms with E-state index >= 15 is 0 Å². The fourth-order valence-corrected chi connectivity index (χ4v) is 3.34. The van der Waals surface area contributed by atoms with Crippen LogP contribution in [0.5, 0.6) is 0 Å². The second-order valence-corrected chi connectivity index (χ2v) is 6.87. The minimum Gasteiger partial charge on any atom is -0.450 e. The molecule has 1 amide bonds. The molecular weight excluding hydrogens is 364 g/mol. The van der Waals surface area contributed by atoms with Crippen molar-refractivity contribution in [2.75, 3.05) is 13.1 Å². The van der Waals surface area contributed by atoms with Crippen LogP contribution in [0, 0.1) is 0 Å². The molecule has 6 heteroatoms. The van der Waals surface area contributed by atoms with Crippen molar-refractivity contribution in [2.45, 2.75) is 39.5 Å². The third-order valence-electron chi connectivity index (χ3n) is 3.25. The van der Waals surface area contributed by atoms with Crippen molar-refractivity contribution in [3.63, 3.8) is 0 Å². The lowest BCUT2D eigenvalue weighted by Crippen LogP contribution is -2.30. The Morgan fingerprint density at radius 2 is 2.09 bits per heavy atom. The van der Waals surface area contributed by atoms with E-state index in [9.17, 15) is 4.79 Å². The summed E-state index contributed by atoms with van der Waals surface area (Å²) in [7, 11) is 0. The molecule has 0 aliphatic carbocycles. The summed E-state index contributed by atoms with van der Waals surface area (Å²) in [6, 6.07) is 3.66. The molecule has 1 aliphatic rings. The van der Waals surface area contributed by atoms with Gasteiger partial charge in [-0.05, 0) is 52.7 Å². The van der Waals surface area contributed by atoms with Crippen LogP contribution in [0.15, 0.2) is 31.1 Å². The van der Waals surface area contributed by atoms with Gasteiger partial charge < -0.3 is 4.42 Å². The second-order valence-electron chi connectivity index (χ2n) is 5.08. The molecule has 1 saturated heterocycles. The smallest absolute Gasteiger partial charge is 0.266 e. The molecule has 1 aliphatic heterocycles. The van der Waals surface area contributed by atoms with Crippen LogP contribution < -0.4 is 0 Å². The Balaban J connectivity index is 2.17. The van der Waals surface area contributed by atoms with E-state index < -0.39 is 0 Å². The average Bonchev–Trinajstić information content (AvgIpc) is 3.03. The van der Waals surface area contributed by atoms with Crippen molar-refractivity contribution >= 4 is 44.8 Å². The molecule has 0 bridgehead atoms. The molecule has 0 N–H and O–H groups in total. The standard InChI is InChI=1S/C16H21BrN2O2S/c1-3-5-9-18-16-19(10-6-4-2)15(20)13(22-16)11-12-7-8-14(17)21-12/h7-8,11H,3-6,9-10H2,1-2H3/b13-11+,18-16?. The number of thioether (sulfide) groups is 1. The summed E-state index contributed by atoms with van der Waals surface area (Å²) in [6.07, 6.45) is 5.98. The topological polar surface area (TPSA) is 45.8 Å². The van der Waals surface area contributed by atoms with Gasteiger partial charge in [0.05, 0.1) is 4.91 Å². The van der Waals surface area contributed by atoms with Gasteiger partial charge in [-0.1, -0.05) is 26.7 Å². The Bertz CT molecular complexity index is 580. The lowest BCUT2D eigenvalue weighted by molar-refractivity contribution is -0.122. The molecule has 1 aromatic heterocycles. The van der Waals surface area contributed by atoms with E-state index in [1.165, 1.54) is 11.8 Å². The highest BCUT2D eigenvalue weighted by atomic mass is 79.9. The van der Waals surface area contributed by atoms with Crippen molar-refractivity contribution in [3.8, 4) is 0 Å². The van der Waals surface area contributed by atoms with Crippen LogP contribution in [-0.2, 0) is 4.79 Å². The number of amides is 1. The monoisotopic (exact) mass is 384 g/mol. The molecule has 1 fully saturated rings. The summed E-state index contributed by atoms with van der Waals surface area (Å²) in [5.74, 6) is 0.703. The summed E-state index contributed by atoms with van der Waals surface area (Å²) in [5, 5.41) is 0.823. The summed E-state index contributed by atoms with van der Waals surface area (Å²) in [4.78, 5) is 19.6. The minimum absolute atomic E-state index is 0.0289. The van der Waals surface area contributed by atoms with Gasteiger partial charge in [-0.3, -0.25) is 14.7 Å². The number of hydrogen-bond acceptors (Lipinski definition) is 4. The van der Waals surface area contributed by atoms with Crippen molar-refractivity contribution in [1.29, 1.82) is 0 Å². The Kier molecular flexibility index (Phi) is 6.76. The highest BCUT2D eigenvalue weighted by Gasteiger charge is 2.32. The predicted molar refractivity (Wildman–Crippen MR) is 95.8 cm³/mol. The molecular formula is C16H21BrN2O2S. The van der Waals surface area contributed by atoms with Gasteiger partial charge in [-0.15, -0.1) is 0 Å². The van der Waals surface area contributed by atoms with Crippen molar-refractivity contribution in [2.24, 2.45) is 4.99 Å². The number of amidine groups is 1. The molecule has 22 heavy (non-hydrogen) atoms. The molecule has 0 radical (unpaired) electrons. The molecule has 2 rings (SSSR count). The minimum atomic E-state index is 0.0289. The number of rotatable bonds is 7. The third kappa shape index (κ3) is 4.49. The largest absolute Gasteiger partial charge is 0.450 e. The van der Waals surface area contributed by atoms with Crippen LogP contribution in [0.1, 0.15) is 45.3 Å². The summed E-state index contributed by atoms with van der Waals surface area (Å²) >= 11 is 4.72. The number of unbranched alkanes of at least 4 members (excludes halogenated alkanes) is 2. The molecule has 0 spiro atoms. The zero-order valence-electron chi connectivity index (χ0n) is 13.0. The maximum absolute atomic E-state index is 12.6. The van der Waals surface area contributed by atoms with Gasteiger partial charge in [0, 0.05) is 19.2 Å². The van der Waals surface area contributed by atoms with Gasteiger partial charge in [0.15, 0.2) is 9.84 Å². The van der Waals surface area contributed by atoms with Crippen LogP contribution in [0.2, 0.25) is 0 Å². The molecule has 1 aromatic rings. The van der Waals surface area contributed by atoms with Crippen LogP contribution >= 0.6 is 27.7 Å². The SMILES string of the molecule is CCCCN=C1S/C(=C/c2ccc(Br)o2)C(=O)N1CCCC. The number of carbonyl (C=O) groups excluding carboxylic acids is 1. The first kappa shape index (κ1) is 17.3. The zero-order valence-corrected chi connectivity index (χ0v) is 15.4. The zero-order chi connectivity index (χ0) is 15.9. The van der Waals surface area contributed by atoms with Gasteiger partial charge in [0.1, 0.15) is 5.76 Å². The summed E-state index contributed by atoms with van der Waals surface area (Å²) < 4.78 is 6.12. The first-order chi connectivity index (χ1) is 10.7. The Morgan fingerprint density at radius 1 is 1.32 bits per heavy atom. The van der Waals surface area contributed by atoms with Gasteiger partial charge in [0.25, 0.3) is 5.91 Å². The van der Waals surface area contributed by atoms with Crippen LogP contribution in [0.4, 0.5) is 0 Å². The van der Waals surface area contributed by atoms with Crippen molar-refractivity contribution < 1.29 is 9.21 Å². The van der Waals surface area contributed by atoms with Crippen LogP contribution in [0.3, 0.4) is 0 Å². The molecule has 0 aromatic carbocycles. The van der Waals surface area contributed by atoms with Gasteiger partial charge in [0.2, 0.25) is 0 Å². The fourth-order valence-electron chi connectivity index (χ4n) is 2.01. The van der Waals surface area contributed by atoms with E-state index in [4.69, 9.17) is 4.42 Å². The van der Waals surface area contributed by atoms with Gasteiger partial charge >= 0.3 is 0 Å². The Morgan fingerprint density at radius 3 is 2.73 bits per heavy atom. The van der Waals surface area contributed by atoms with Gasteiger partial charge in [-0.2, -0.15) is 0 Å². The number of aliphatic imine (C=N–C) groups is 1. The van der Waals surface area contributed by atoms with Crippen molar-refractivity contribution in [3.05, 3.63) is 27.5 Å².